The second kappa shape index (κ2) is 4.13. The normalized spacial score (nSPS) is 11.5. The maximum atomic E-state index is 5.64. The monoisotopic (exact) mass is 188 g/mol. The zero-order valence-corrected chi connectivity index (χ0v) is 8.65. The Morgan fingerprint density at radius 3 is 2.71 bits per heavy atom. The summed E-state index contributed by atoms with van der Waals surface area (Å²) in [5, 5.41) is 3.71. The van der Waals surface area contributed by atoms with Crippen molar-refractivity contribution >= 4 is 19.1 Å². The van der Waals surface area contributed by atoms with E-state index in [0.29, 0.717) is 11.3 Å². The highest BCUT2D eigenvalue weighted by Gasteiger charge is 2.09. The smallest absolute Gasteiger partial charge is 0.156 e. The molecule has 2 N–H and O–H groups in total. The van der Waals surface area contributed by atoms with E-state index in [2.05, 4.69) is 10.1 Å². The fraction of sp³-hybridized carbons (Fsp3) is 0.333. The Bertz CT molecular complexity index is 360. The number of aryl methyl sites for hydroxylation is 1. The van der Waals surface area contributed by atoms with Gasteiger partial charge in [0.15, 0.2) is 5.84 Å². The number of hydrogen-bond acceptors (Lipinski definition) is 3. The Labute approximate surface area is 85.2 Å². The molecule has 14 heavy (non-hydrogen) atoms. The predicted octanol–water partition coefficient (Wildman–Crippen LogP) is -0.634. The molecule has 1 aromatic rings. The summed E-state index contributed by atoms with van der Waals surface area (Å²) in [5.41, 5.74) is 2.32. The number of pyridine rings is 1. The quantitative estimate of drug-likeness (QED) is 0.210. The van der Waals surface area contributed by atoms with Crippen molar-refractivity contribution in [2.75, 3.05) is 14.1 Å². The molecule has 0 unspecified atom stereocenters. The fourth-order valence-corrected chi connectivity index (χ4v) is 1.20. The molecule has 0 aliphatic rings. The van der Waals surface area contributed by atoms with Crippen LogP contribution in [0.15, 0.2) is 17.4 Å². The lowest BCUT2D eigenvalue weighted by Gasteiger charge is -2.16. The van der Waals surface area contributed by atoms with Crippen LogP contribution in [0.3, 0.4) is 0 Å². The van der Waals surface area contributed by atoms with Crippen LogP contribution in [0.25, 0.3) is 0 Å². The molecule has 0 saturated carbocycles. The van der Waals surface area contributed by atoms with Gasteiger partial charge in [-0.05, 0) is 6.92 Å². The minimum atomic E-state index is 0.605. The number of nitrogens with two attached hydrogens (primary N) is 1. The van der Waals surface area contributed by atoms with Gasteiger partial charge >= 0.3 is 0 Å². The molecule has 0 aliphatic heterocycles. The zero-order chi connectivity index (χ0) is 10.7. The number of hydrogen-bond donors (Lipinski definition) is 1. The van der Waals surface area contributed by atoms with E-state index < -0.39 is 0 Å². The van der Waals surface area contributed by atoms with Crippen molar-refractivity contribution in [1.29, 1.82) is 0 Å². The molecule has 0 aromatic carbocycles. The molecule has 2 radical (unpaired) electrons. The highest BCUT2D eigenvalue weighted by Crippen LogP contribution is 2.05. The van der Waals surface area contributed by atoms with Crippen LogP contribution < -0.4 is 11.3 Å². The average Bonchev–Trinajstić information content (AvgIpc) is 2.11. The summed E-state index contributed by atoms with van der Waals surface area (Å²) >= 11 is 0. The Hall–Kier alpha value is -1.52. The van der Waals surface area contributed by atoms with Crippen molar-refractivity contribution in [1.82, 2.24) is 9.88 Å². The Morgan fingerprint density at radius 1 is 1.57 bits per heavy atom. The highest BCUT2D eigenvalue weighted by atomic mass is 15.2. The lowest BCUT2D eigenvalue weighted by Crippen LogP contribution is -2.27. The van der Waals surface area contributed by atoms with Gasteiger partial charge < -0.3 is 10.7 Å². The van der Waals surface area contributed by atoms with Crippen LogP contribution >= 0.6 is 0 Å². The molecular weight excluding hydrogens is 175 g/mol. The van der Waals surface area contributed by atoms with Crippen LogP contribution in [0.2, 0.25) is 0 Å². The molecule has 1 rings (SSSR count). The topological polar surface area (TPSA) is 54.5 Å². The van der Waals surface area contributed by atoms with Gasteiger partial charge in [0.1, 0.15) is 7.85 Å². The summed E-state index contributed by atoms with van der Waals surface area (Å²) in [6, 6.07) is 1.81. The maximum Gasteiger partial charge on any atom is 0.156 e. The van der Waals surface area contributed by atoms with Gasteiger partial charge in [0.05, 0.1) is 0 Å². The summed E-state index contributed by atoms with van der Waals surface area (Å²) in [4.78, 5) is 5.96. The Morgan fingerprint density at radius 2 is 2.21 bits per heavy atom. The summed E-state index contributed by atoms with van der Waals surface area (Å²) in [6.45, 7) is 1.89. The number of aromatic nitrogens is 1. The van der Waals surface area contributed by atoms with E-state index in [1.807, 2.05) is 32.0 Å². The molecule has 0 aliphatic carbocycles. The first-order chi connectivity index (χ1) is 6.56. The number of amidine groups is 1. The van der Waals surface area contributed by atoms with E-state index in [0.717, 1.165) is 11.3 Å². The molecule has 72 valence electrons. The first-order valence-electron chi connectivity index (χ1n) is 4.24. The van der Waals surface area contributed by atoms with E-state index in [1.165, 1.54) is 0 Å². The molecule has 0 spiro atoms. The third-order valence-corrected chi connectivity index (χ3v) is 1.89. The van der Waals surface area contributed by atoms with E-state index in [1.54, 1.807) is 6.20 Å². The van der Waals surface area contributed by atoms with Crippen molar-refractivity contribution < 1.29 is 0 Å². The van der Waals surface area contributed by atoms with Crippen LogP contribution in [0.1, 0.15) is 11.3 Å². The molecule has 1 aromatic heterocycles. The SMILES string of the molecule is [B]c1cnc(C)c(/C(=N\N)N(C)C)c1. The number of nitrogens with zero attached hydrogens (tertiary/aromatic N) is 3. The molecule has 0 amide bonds. The van der Waals surface area contributed by atoms with Gasteiger partial charge in [-0.2, -0.15) is 5.10 Å². The van der Waals surface area contributed by atoms with Crippen molar-refractivity contribution in [2.24, 2.45) is 10.9 Å². The molecule has 4 nitrogen and oxygen atoms in total. The minimum absolute atomic E-state index is 0.605. The van der Waals surface area contributed by atoms with E-state index in [9.17, 15) is 0 Å². The van der Waals surface area contributed by atoms with Gasteiger partial charge in [-0.1, -0.05) is 11.5 Å². The van der Waals surface area contributed by atoms with Crippen molar-refractivity contribution in [3.05, 3.63) is 23.5 Å². The van der Waals surface area contributed by atoms with Crippen LogP contribution in [-0.4, -0.2) is 37.7 Å². The van der Waals surface area contributed by atoms with Gasteiger partial charge in [-0.15, -0.1) is 0 Å². The molecule has 0 atom stereocenters. The summed E-state index contributed by atoms with van der Waals surface area (Å²) in [7, 11) is 9.38. The van der Waals surface area contributed by atoms with Gasteiger partial charge in [-0.3, -0.25) is 4.98 Å². The maximum absolute atomic E-state index is 5.64. The molecule has 1 heterocycles. The van der Waals surface area contributed by atoms with Crippen LogP contribution in [0.5, 0.6) is 0 Å². The molecule has 0 bridgehead atoms. The third kappa shape index (κ3) is 2.04. The van der Waals surface area contributed by atoms with Crippen LogP contribution in [0.4, 0.5) is 0 Å². The second-order valence-electron chi connectivity index (χ2n) is 3.25. The van der Waals surface area contributed by atoms with Crippen molar-refractivity contribution in [2.45, 2.75) is 6.92 Å². The summed E-state index contributed by atoms with van der Waals surface area (Å²) in [5.74, 6) is 5.97. The first kappa shape index (κ1) is 10.6. The molecule has 0 saturated heterocycles. The van der Waals surface area contributed by atoms with E-state index in [4.69, 9.17) is 13.7 Å². The average molecular weight is 188 g/mol. The van der Waals surface area contributed by atoms with Crippen molar-refractivity contribution in [3.63, 3.8) is 0 Å². The van der Waals surface area contributed by atoms with Crippen LogP contribution in [-0.2, 0) is 0 Å². The van der Waals surface area contributed by atoms with Gasteiger partial charge in [-0.25, -0.2) is 0 Å². The number of rotatable bonds is 1. The molecular formula is C9H13BN4. The largest absolute Gasteiger partial charge is 0.361 e. The number of hydrazone groups is 1. The van der Waals surface area contributed by atoms with Gasteiger partial charge in [0, 0.05) is 31.5 Å². The second-order valence-corrected chi connectivity index (χ2v) is 3.25. The molecule has 0 fully saturated rings. The zero-order valence-electron chi connectivity index (χ0n) is 8.65. The minimum Gasteiger partial charge on any atom is -0.361 e. The van der Waals surface area contributed by atoms with Gasteiger partial charge in [0.25, 0.3) is 0 Å². The molecule has 5 heteroatoms. The van der Waals surface area contributed by atoms with Crippen molar-refractivity contribution in [3.8, 4) is 0 Å². The lowest BCUT2D eigenvalue weighted by atomic mass is 9.95. The van der Waals surface area contributed by atoms with Gasteiger partial charge in [0.2, 0.25) is 0 Å². The Balaban J connectivity index is 3.23. The highest BCUT2D eigenvalue weighted by molar-refractivity contribution is 6.32. The summed E-state index contributed by atoms with van der Waals surface area (Å²) in [6.07, 6.45) is 1.61. The fourth-order valence-electron chi connectivity index (χ4n) is 1.20. The lowest BCUT2D eigenvalue weighted by molar-refractivity contribution is 0.619. The first-order valence-corrected chi connectivity index (χ1v) is 4.24. The Kier molecular flexibility index (Phi) is 3.12. The summed E-state index contributed by atoms with van der Waals surface area (Å²) < 4.78 is 0. The predicted molar refractivity (Wildman–Crippen MR) is 58.8 cm³/mol. The van der Waals surface area contributed by atoms with E-state index >= 15 is 0 Å². The standard InChI is InChI=1S/C9H13BN4/c1-6-8(4-7(10)5-12-6)9(13-11)14(2)3/h4-5H,11H2,1-3H3/b13-9+. The van der Waals surface area contributed by atoms with Crippen LogP contribution in [0, 0.1) is 6.92 Å². The third-order valence-electron chi connectivity index (χ3n) is 1.89. The van der Waals surface area contributed by atoms with E-state index in [-0.39, 0.29) is 0 Å².